The van der Waals surface area contributed by atoms with Gasteiger partial charge in [0.25, 0.3) is 0 Å². The summed E-state index contributed by atoms with van der Waals surface area (Å²) in [6.45, 7) is 4.16. The van der Waals surface area contributed by atoms with Gasteiger partial charge >= 0.3 is 0 Å². The van der Waals surface area contributed by atoms with Crippen LogP contribution < -0.4 is 0 Å². The Hall–Kier alpha value is -0.240. The molecule has 0 radical (unpaired) electrons. The van der Waals surface area contributed by atoms with Gasteiger partial charge in [0.2, 0.25) is 5.91 Å². The fourth-order valence-electron chi connectivity index (χ4n) is 3.07. The van der Waals surface area contributed by atoms with Gasteiger partial charge in [-0.05, 0) is 50.4 Å². The molecule has 2 rings (SSSR count). The molecule has 0 aromatic carbocycles. The minimum Gasteiger partial charge on any atom is -0.342 e. The number of carbonyl (C=O) groups excluding carboxylic acids is 1. The van der Waals surface area contributed by atoms with E-state index in [9.17, 15) is 4.79 Å². The highest BCUT2D eigenvalue weighted by Crippen LogP contribution is 2.30. The van der Waals surface area contributed by atoms with E-state index < -0.39 is 0 Å². The number of likely N-dealkylation sites (tertiary alicyclic amines) is 1. The molecule has 2 fully saturated rings. The lowest BCUT2D eigenvalue weighted by atomic mass is 9.82. The molecule has 2 nitrogen and oxygen atoms in total. The van der Waals surface area contributed by atoms with Crippen molar-refractivity contribution in [1.29, 1.82) is 0 Å². The predicted octanol–water partition coefficient (Wildman–Crippen LogP) is 3.29. The molecular formula is C14H24ClNO. The molecule has 0 atom stereocenters. The summed E-state index contributed by atoms with van der Waals surface area (Å²) in [5, 5.41) is 0. The van der Waals surface area contributed by atoms with Crippen LogP contribution in [-0.2, 0) is 4.79 Å². The Labute approximate surface area is 110 Å². The third-order valence-electron chi connectivity index (χ3n) is 4.51. The van der Waals surface area contributed by atoms with E-state index in [1.807, 2.05) is 0 Å². The summed E-state index contributed by atoms with van der Waals surface area (Å²) in [4.78, 5) is 14.4. The smallest absolute Gasteiger partial charge is 0.225 e. The Morgan fingerprint density at radius 3 is 2.24 bits per heavy atom. The molecule has 1 saturated carbocycles. The number of rotatable bonds is 2. The monoisotopic (exact) mass is 257 g/mol. The highest BCUT2D eigenvalue weighted by molar-refractivity contribution is 6.18. The summed E-state index contributed by atoms with van der Waals surface area (Å²) >= 11 is 5.87. The molecule has 3 heteroatoms. The molecule has 0 aromatic rings. The number of piperidine rings is 1. The van der Waals surface area contributed by atoms with Gasteiger partial charge in [-0.15, -0.1) is 11.6 Å². The normalized spacial score (nSPS) is 31.5. The summed E-state index contributed by atoms with van der Waals surface area (Å²) in [6.07, 6.45) is 6.87. The number of carbonyl (C=O) groups is 1. The molecular weight excluding hydrogens is 234 g/mol. The molecule has 1 aliphatic carbocycles. The SMILES string of the molecule is CC1CCC(C(=O)N2CCC(CCl)CC2)CC1. The second kappa shape index (κ2) is 6.08. The largest absolute Gasteiger partial charge is 0.342 e. The first-order chi connectivity index (χ1) is 8.20. The van der Waals surface area contributed by atoms with Crippen molar-refractivity contribution >= 4 is 17.5 Å². The average Bonchev–Trinajstić information content (AvgIpc) is 2.39. The van der Waals surface area contributed by atoms with Crippen molar-refractivity contribution in [2.75, 3.05) is 19.0 Å². The number of nitrogens with zero attached hydrogens (tertiary/aromatic N) is 1. The van der Waals surface area contributed by atoms with Crippen LogP contribution in [0.4, 0.5) is 0 Å². The first-order valence-electron chi connectivity index (χ1n) is 7.05. The fraction of sp³-hybridized carbons (Fsp3) is 0.929. The number of amides is 1. The minimum absolute atomic E-state index is 0.318. The molecule has 1 heterocycles. The minimum atomic E-state index is 0.318. The molecule has 1 aliphatic heterocycles. The van der Waals surface area contributed by atoms with Gasteiger partial charge in [0.05, 0.1) is 0 Å². The summed E-state index contributed by atoms with van der Waals surface area (Å²) in [7, 11) is 0. The second-order valence-electron chi connectivity index (χ2n) is 5.88. The van der Waals surface area contributed by atoms with Crippen LogP contribution in [0, 0.1) is 17.8 Å². The Morgan fingerprint density at radius 1 is 1.12 bits per heavy atom. The van der Waals surface area contributed by atoms with Crippen molar-refractivity contribution in [3.63, 3.8) is 0 Å². The zero-order chi connectivity index (χ0) is 12.3. The van der Waals surface area contributed by atoms with E-state index in [1.165, 1.54) is 12.8 Å². The van der Waals surface area contributed by atoms with Gasteiger partial charge in [-0.1, -0.05) is 6.92 Å². The molecule has 0 unspecified atom stereocenters. The van der Waals surface area contributed by atoms with Crippen molar-refractivity contribution in [2.45, 2.75) is 45.4 Å². The van der Waals surface area contributed by atoms with E-state index in [0.29, 0.717) is 17.7 Å². The van der Waals surface area contributed by atoms with E-state index in [-0.39, 0.29) is 0 Å². The van der Waals surface area contributed by atoms with Crippen molar-refractivity contribution < 1.29 is 4.79 Å². The molecule has 0 aromatic heterocycles. The topological polar surface area (TPSA) is 20.3 Å². The zero-order valence-corrected chi connectivity index (χ0v) is 11.6. The lowest BCUT2D eigenvalue weighted by Gasteiger charge is -2.35. The molecule has 0 spiro atoms. The van der Waals surface area contributed by atoms with Gasteiger partial charge in [0.15, 0.2) is 0 Å². The van der Waals surface area contributed by atoms with Crippen molar-refractivity contribution in [2.24, 2.45) is 17.8 Å². The third kappa shape index (κ3) is 3.37. The lowest BCUT2D eigenvalue weighted by Crippen LogP contribution is -2.42. The third-order valence-corrected chi connectivity index (χ3v) is 4.95. The first-order valence-corrected chi connectivity index (χ1v) is 7.59. The van der Waals surface area contributed by atoms with Crippen molar-refractivity contribution in [1.82, 2.24) is 4.90 Å². The predicted molar refractivity (Wildman–Crippen MR) is 71.1 cm³/mol. The summed E-state index contributed by atoms with van der Waals surface area (Å²) in [5.74, 6) is 2.94. The highest BCUT2D eigenvalue weighted by atomic mass is 35.5. The molecule has 0 N–H and O–H groups in total. The van der Waals surface area contributed by atoms with Gasteiger partial charge < -0.3 is 4.90 Å². The van der Waals surface area contributed by atoms with Crippen LogP contribution in [0.1, 0.15) is 45.4 Å². The fourth-order valence-corrected chi connectivity index (χ4v) is 3.38. The average molecular weight is 258 g/mol. The maximum atomic E-state index is 12.3. The van der Waals surface area contributed by atoms with Crippen LogP contribution >= 0.6 is 11.6 Å². The van der Waals surface area contributed by atoms with Crippen LogP contribution in [0.2, 0.25) is 0 Å². The van der Waals surface area contributed by atoms with E-state index in [4.69, 9.17) is 11.6 Å². The molecule has 0 bridgehead atoms. The second-order valence-corrected chi connectivity index (χ2v) is 6.19. The van der Waals surface area contributed by atoms with Gasteiger partial charge in [-0.25, -0.2) is 0 Å². The van der Waals surface area contributed by atoms with E-state index >= 15 is 0 Å². The number of alkyl halides is 1. The molecule has 1 saturated heterocycles. The molecule has 2 aliphatic rings. The van der Waals surface area contributed by atoms with Crippen LogP contribution in [0.3, 0.4) is 0 Å². The standard InChI is InChI=1S/C14H24ClNO/c1-11-2-4-13(5-3-11)14(17)16-8-6-12(10-15)7-9-16/h11-13H,2-10H2,1H3. The van der Waals surface area contributed by atoms with Gasteiger partial charge in [0.1, 0.15) is 0 Å². The van der Waals surface area contributed by atoms with Crippen LogP contribution in [-0.4, -0.2) is 29.8 Å². The van der Waals surface area contributed by atoms with Crippen LogP contribution in [0.5, 0.6) is 0 Å². The van der Waals surface area contributed by atoms with Gasteiger partial charge in [-0.2, -0.15) is 0 Å². The van der Waals surface area contributed by atoms with E-state index in [0.717, 1.165) is 50.6 Å². The molecule has 17 heavy (non-hydrogen) atoms. The van der Waals surface area contributed by atoms with Crippen molar-refractivity contribution in [3.05, 3.63) is 0 Å². The molecule has 98 valence electrons. The number of hydrogen-bond donors (Lipinski definition) is 0. The van der Waals surface area contributed by atoms with Gasteiger partial charge in [0, 0.05) is 24.9 Å². The summed E-state index contributed by atoms with van der Waals surface area (Å²) in [5.41, 5.74) is 0. The number of hydrogen-bond acceptors (Lipinski definition) is 1. The van der Waals surface area contributed by atoms with Gasteiger partial charge in [-0.3, -0.25) is 4.79 Å². The number of halogens is 1. The quantitative estimate of drug-likeness (QED) is 0.695. The van der Waals surface area contributed by atoms with E-state index in [2.05, 4.69) is 11.8 Å². The maximum Gasteiger partial charge on any atom is 0.225 e. The zero-order valence-electron chi connectivity index (χ0n) is 10.8. The van der Waals surface area contributed by atoms with Crippen LogP contribution in [0.25, 0.3) is 0 Å². The Kier molecular flexibility index (Phi) is 4.72. The Balaban J connectivity index is 1.80. The maximum absolute atomic E-state index is 12.3. The summed E-state index contributed by atoms with van der Waals surface area (Å²) < 4.78 is 0. The Morgan fingerprint density at radius 2 is 1.71 bits per heavy atom. The first kappa shape index (κ1) is 13.2. The summed E-state index contributed by atoms with van der Waals surface area (Å²) in [6, 6.07) is 0. The lowest BCUT2D eigenvalue weighted by molar-refractivity contribution is -0.138. The van der Waals surface area contributed by atoms with Crippen LogP contribution in [0.15, 0.2) is 0 Å². The van der Waals surface area contributed by atoms with E-state index in [1.54, 1.807) is 0 Å². The molecule has 1 amide bonds. The Bertz CT molecular complexity index is 253. The van der Waals surface area contributed by atoms with Crippen molar-refractivity contribution in [3.8, 4) is 0 Å². The highest BCUT2D eigenvalue weighted by Gasteiger charge is 2.30.